The van der Waals surface area contributed by atoms with Gasteiger partial charge in [-0.05, 0) is 18.9 Å². The van der Waals surface area contributed by atoms with Gasteiger partial charge in [-0.2, -0.15) is 0 Å². The van der Waals surface area contributed by atoms with Crippen LogP contribution in [-0.2, 0) is 9.59 Å². The lowest BCUT2D eigenvalue weighted by atomic mass is 9.95. The third kappa shape index (κ3) is 5.68. The summed E-state index contributed by atoms with van der Waals surface area (Å²) in [5.41, 5.74) is 0. The monoisotopic (exact) mass is 196 g/mol. The summed E-state index contributed by atoms with van der Waals surface area (Å²) in [6.45, 7) is 4.10. The van der Waals surface area contributed by atoms with Gasteiger partial charge in [-0.3, -0.25) is 4.79 Å². The molecule has 0 heterocycles. The molecule has 1 unspecified atom stereocenters. The first-order valence-corrected chi connectivity index (χ1v) is 5.40. The van der Waals surface area contributed by atoms with Gasteiger partial charge in [-0.25, -0.2) is 0 Å². The van der Waals surface area contributed by atoms with Crippen LogP contribution in [0.2, 0.25) is 0 Å². The van der Waals surface area contributed by atoms with Crippen molar-refractivity contribution in [3.8, 4) is 0 Å². The van der Waals surface area contributed by atoms with E-state index in [-0.39, 0.29) is 11.7 Å². The van der Waals surface area contributed by atoms with E-state index >= 15 is 0 Å². The highest BCUT2D eigenvalue weighted by molar-refractivity contribution is 5.92. The van der Waals surface area contributed by atoms with Crippen LogP contribution in [0.15, 0.2) is 12.2 Å². The number of carbonyl (C=O) groups excluding carboxylic acids is 2. The van der Waals surface area contributed by atoms with E-state index in [2.05, 4.69) is 6.92 Å². The largest absolute Gasteiger partial charge is 0.303 e. The van der Waals surface area contributed by atoms with E-state index in [1.807, 2.05) is 13.0 Å². The Morgan fingerprint density at radius 1 is 1.29 bits per heavy atom. The second kappa shape index (κ2) is 8.67. The van der Waals surface area contributed by atoms with E-state index in [1.165, 1.54) is 0 Å². The van der Waals surface area contributed by atoms with Crippen LogP contribution in [0.1, 0.15) is 46.0 Å². The lowest BCUT2D eigenvalue weighted by Gasteiger charge is -2.07. The first-order valence-electron chi connectivity index (χ1n) is 5.40. The quantitative estimate of drug-likeness (QED) is 0.442. The molecule has 0 aromatic heterocycles. The number of carbonyl (C=O) groups is 2. The van der Waals surface area contributed by atoms with Crippen molar-refractivity contribution < 1.29 is 9.59 Å². The van der Waals surface area contributed by atoms with E-state index < -0.39 is 0 Å². The summed E-state index contributed by atoms with van der Waals surface area (Å²) in [5, 5.41) is 0. The molecule has 0 aromatic carbocycles. The standard InChI is InChI=1S/C12H20O2/c1-3-5-6-8-12(14)11(7-4-2)9-10-13/h6,8,10-11H,3-5,7,9H2,1-2H3/b8-6+. The molecule has 80 valence electrons. The van der Waals surface area contributed by atoms with E-state index in [4.69, 9.17) is 0 Å². The zero-order valence-corrected chi connectivity index (χ0v) is 9.16. The molecule has 0 N–H and O–H groups in total. The van der Waals surface area contributed by atoms with Crippen LogP contribution in [0.25, 0.3) is 0 Å². The molecule has 0 radical (unpaired) electrons. The number of hydrogen-bond donors (Lipinski definition) is 0. The fraction of sp³-hybridized carbons (Fsp3) is 0.667. The summed E-state index contributed by atoms with van der Waals surface area (Å²) in [7, 11) is 0. The Morgan fingerprint density at radius 2 is 2.00 bits per heavy atom. The van der Waals surface area contributed by atoms with E-state index in [0.29, 0.717) is 6.42 Å². The van der Waals surface area contributed by atoms with Crippen LogP contribution in [0.3, 0.4) is 0 Å². The smallest absolute Gasteiger partial charge is 0.158 e. The van der Waals surface area contributed by atoms with Crippen LogP contribution in [0, 0.1) is 5.92 Å². The fourth-order valence-electron chi connectivity index (χ4n) is 1.34. The van der Waals surface area contributed by atoms with Crippen LogP contribution >= 0.6 is 0 Å². The summed E-state index contributed by atoms with van der Waals surface area (Å²) in [5.74, 6) is 0.0120. The molecule has 0 fully saturated rings. The number of unbranched alkanes of at least 4 members (excludes halogenated alkanes) is 1. The summed E-state index contributed by atoms with van der Waals surface area (Å²) in [4.78, 5) is 21.9. The van der Waals surface area contributed by atoms with Gasteiger partial charge < -0.3 is 4.79 Å². The molecule has 0 rings (SSSR count). The Hall–Kier alpha value is -0.920. The molecule has 0 saturated heterocycles. The van der Waals surface area contributed by atoms with Gasteiger partial charge in [-0.1, -0.05) is 32.8 Å². The average molecular weight is 196 g/mol. The molecule has 0 aliphatic heterocycles. The van der Waals surface area contributed by atoms with Crippen molar-refractivity contribution in [1.82, 2.24) is 0 Å². The molecule has 0 spiro atoms. The van der Waals surface area contributed by atoms with Gasteiger partial charge in [-0.15, -0.1) is 0 Å². The molecule has 1 atom stereocenters. The minimum absolute atomic E-state index is 0.0920. The van der Waals surface area contributed by atoms with Crippen LogP contribution in [0.4, 0.5) is 0 Å². The highest BCUT2D eigenvalue weighted by atomic mass is 16.1. The zero-order valence-electron chi connectivity index (χ0n) is 9.16. The first-order chi connectivity index (χ1) is 6.76. The van der Waals surface area contributed by atoms with Gasteiger partial charge in [0.05, 0.1) is 0 Å². The Morgan fingerprint density at radius 3 is 2.50 bits per heavy atom. The van der Waals surface area contributed by atoms with Crippen molar-refractivity contribution in [3.63, 3.8) is 0 Å². The summed E-state index contributed by atoms with van der Waals surface area (Å²) >= 11 is 0. The number of allylic oxidation sites excluding steroid dienone is 2. The second-order valence-corrected chi connectivity index (χ2v) is 3.48. The minimum atomic E-state index is -0.0920. The van der Waals surface area contributed by atoms with Gasteiger partial charge >= 0.3 is 0 Å². The van der Waals surface area contributed by atoms with Crippen LogP contribution < -0.4 is 0 Å². The number of ketones is 1. The third-order valence-electron chi connectivity index (χ3n) is 2.16. The molecule has 2 heteroatoms. The molecular weight excluding hydrogens is 176 g/mol. The SMILES string of the molecule is CCC/C=C/C(=O)C(CC=O)CCC. The minimum Gasteiger partial charge on any atom is -0.303 e. The lowest BCUT2D eigenvalue weighted by molar-refractivity contribution is -0.121. The fourth-order valence-corrected chi connectivity index (χ4v) is 1.34. The predicted octanol–water partition coefficient (Wildman–Crippen LogP) is 2.92. The highest BCUT2D eigenvalue weighted by Gasteiger charge is 2.13. The summed E-state index contributed by atoms with van der Waals surface area (Å²) in [6.07, 6.45) is 8.49. The maximum atomic E-state index is 11.6. The van der Waals surface area contributed by atoms with Gasteiger partial charge in [0.2, 0.25) is 0 Å². The topological polar surface area (TPSA) is 34.1 Å². The number of rotatable bonds is 8. The van der Waals surface area contributed by atoms with Crippen molar-refractivity contribution >= 4 is 12.1 Å². The first kappa shape index (κ1) is 13.1. The number of hydrogen-bond acceptors (Lipinski definition) is 2. The molecule has 0 saturated carbocycles. The van der Waals surface area contributed by atoms with E-state index in [0.717, 1.165) is 32.0 Å². The van der Waals surface area contributed by atoms with E-state index in [9.17, 15) is 9.59 Å². The van der Waals surface area contributed by atoms with Gasteiger partial charge in [0.25, 0.3) is 0 Å². The van der Waals surface area contributed by atoms with Gasteiger partial charge in [0.15, 0.2) is 5.78 Å². The normalized spacial score (nSPS) is 13.0. The van der Waals surface area contributed by atoms with Crippen molar-refractivity contribution in [1.29, 1.82) is 0 Å². The molecule has 14 heavy (non-hydrogen) atoms. The molecule has 0 aromatic rings. The molecule has 0 aliphatic rings. The predicted molar refractivity (Wildman–Crippen MR) is 58.1 cm³/mol. The van der Waals surface area contributed by atoms with Gasteiger partial charge in [0, 0.05) is 12.3 Å². The molecule has 0 amide bonds. The summed E-state index contributed by atoms with van der Waals surface area (Å²) in [6, 6.07) is 0. The molecule has 0 bridgehead atoms. The summed E-state index contributed by atoms with van der Waals surface area (Å²) < 4.78 is 0. The Bertz CT molecular complexity index is 194. The lowest BCUT2D eigenvalue weighted by Crippen LogP contribution is -2.12. The maximum absolute atomic E-state index is 11.6. The van der Waals surface area contributed by atoms with Crippen LogP contribution in [0.5, 0.6) is 0 Å². The molecule has 0 aliphatic carbocycles. The number of aldehydes is 1. The van der Waals surface area contributed by atoms with Gasteiger partial charge in [0.1, 0.15) is 6.29 Å². The highest BCUT2D eigenvalue weighted by Crippen LogP contribution is 2.12. The Labute approximate surface area is 86.4 Å². The Balaban J connectivity index is 4.06. The van der Waals surface area contributed by atoms with Crippen molar-refractivity contribution in [2.24, 2.45) is 5.92 Å². The van der Waals surface area contributed by atoms with Crippen molar-refractivity contribution in [2.75, 3.05) is 0 Å². The van der Waals surface area contributed by atoms with Crippen molar-refractivity contribution in [2.45, 2.75) is 46.0 Å². The Kier molecular flexibility index (Phi) is 8.10. The maximum Gasteiger partial charge on any atom is 0.158 e. The molecule has 2 nitrogen and oxygen atoms in total. The van der Waals surface area contributed by atoms with Crippen molar-refractivity contribution in [3.05, 3.63) is 12.2 Å². The second-order valence-electron chi connectivity index (χ2n) is 3.48. The third-order valence-corrected chi connectivity index (χ3v) is 2.16. The average Bonchev–Trinajstić information content (AvgIpc) is 2.18. The zero-order chi connectivity index (χ0) is 10.8. The molecular formula is C12H20O2. The van der Waals surface area contributed by atoms with Crippen LogP contribution in [-0.4, -0.2) is 12.1 Å². The van der Waals surface area contributed by atoms with E-state index in [1.54, 1.807) is 6.08 Å².